The maximum atomic E-state index is 12.9. The van der Waals surface area contributed by atoms with Gasteiger partial charge in [0.15, 0.2) is 0 Å². The van der Waals surface area contributed by atoms with Gasteiger partial charge in [0.05, 0.1) is 11.6 Å². The first-order valence-electron chi connectivity index (χ1n) is 8.51. The lowest BCUT2D eigenvalue weighted by Crippen LogP contribution is -2.26. The summed E-state index contributed by atoms with van der Waals surface area (Å²) in [6, 6.07) is 13.6. The maximum absolute atomic E-state index is 12.9. The molecule has 0 amide bonds. The SMILES string of the molecule is FC(F)(F)c1ccc(C(c2c[nH]c3ccccc23)N2CCCC2)cc1. The minimum Gasteiger partial charge on any atom is -0.361 e. The van der Waals surface area contributed by atoms with Gasteiger partial charge < -0.3 is 4.98 Å². The number of likely N-dealkylation sites (tertiary alicyclic amines) is 1. The van der Waals surface area contributed by atoms with Gasteiger partial charge in [0, 0.05) is 17.1 Å². The van der Waals surface area contributed by atoms with Gasteiger partial charge in [-0.05, 0) is 55.3 Å². The number of H-pyrrole nitrogens is 1. The molecule has 1 atom stereocenters. The number of fused-ring (bicyclic) bond motifs is 1. The number of benzene rings is 2. The fourth-order valence-electron chi connectivity index (χ4n) is 3.76. The molecule has 2 heterocycles. The van der Waals surface area contributed by atoms with Crippen LogP contribution in [0, 0.1) is 0 Å². The van der Waals surface area contributed by atoms with E-state index >= 15 is 0 Å². The third-order valence-electron chi connectivity index (χ3n) is 4.98. The van der Waals surface area contributed by atoms with Crippen molar-refractivity contribution < 1.29 is 13.2 Å². The average molecular weight is 344 g/mol. The number of nitrogens with one attached hydrogen (secondary N) is 1. The van der Waals surface area contributed by atoms with E-state index in [0.29, 0.717) is 0 Å². The van der Waals surface area contributed by atoms with Gasteiger partial charge in [-0.2, -0.15) is 13.2 Å². The number of aromatic nitrogens is 1. The first kappa shape index (κ1) is 16.2. The molecule has 0 bridgehead atoms. The smallest absolute Gasteiger partial charge is 0.361 e. The molecule has 1 aromatic heterocycles. The predicted octanol–water partition coefficient (Wildman–Crippen LogP) is 5.37. The zero-order chi connectivity index (χ0) is 17.4. The van der Waals surface area contributed by atoms with Crippen molar-refractivity contribution in [3.05, 3.63) is 71.4 Å². The van der Waals surface area contributed by atoms with E-state index in [1.807, 2.05) is 24.4 Å². The molecule has 1 aliphatic rings. The number of alkyl halides is 3. The van der Waals surface area contributed by atoms with E-state index in [2.05, 4.69) is 16.0 Å². The number of para-hydroxylation sites is 1. The van der Waals surface area contributed by atoms with Crippen molar-refractivity contribution in [2.45, 2.75) is 25.1 Å². The summed E-state index contributed by atoms with van der Waals surface area (Å²) in [6.07, 6.45) is -0.0627. The van der Waals surface area contributed by atoms with Crippen LogP contribution in [0.15, 0.2) is 54.7 Å². The van der Waals surface area contributed by atoms with Crippen LogP contribution in [0.4, 0.5) is 13.2 Å². The van der Waals surface area contributed by atoms with Crippen LogP contribution >= 0.6 is 0 Å². The zero-order valence-corrected chi connectivity index (χ0v) is 13.7. The van der Waals surface area contributed by atoms with E-state index in [1.165, 1.54) is 12.1 Å². The first-order valence-corrected chi connectivity index (χ1v) is 8.51. The molecule has 25 heavy (non-hydrogen) atoms. The average Bonchev–Trinajstić information content (AvgIpc) is 3.26. The van der Waals surface area contributed by atoms with E-state index in [-0.39, 0.29) is 6.04 Å². The van der Waals surface area contributed by atoms with E-state index in [0.717, 1.165) is 48.0 Å². The normalized spacial score (nSPS) is 17.2. The highest BCUT2D eigenvalue weighted by molar-refractivity contribution is 5.84. The van der Waals surface area contributed by atoms with Gasteiger partial charge in [-0.1, -0.05) is 30.3 Å². The van der Waals surface area contributed by atoms with Gasteiger partial charge >= 0.3 is 6.18 Å². The summed E-state index contributed by atoms with van der Waals surface area (Å²) in [5, 5.41) is 1.12. The highest BCUT2D eigenvalue weighted by Gasteiger charge is 2.32. The van der Waals surface area contributed by atoms with Gasteiger partial charge in [-0.15, -0.1) is 0 Å². The largest absolute Gasteiger partial charge is 0.416 e. The standard InChI is InChI=1S/C20H19F3N2/c21-20(22,23)15-9-7-14(8-10-15)19(25-11-3-4-12-25)17-13-24-18-6-2-1-5-16(17)18/h1-2,5-10,13,19,24H,3-4,11-12H2. The summed E-state index contributed by atoms with van der Waals surface area (Å²) in [7, 11) is 0. The number of hydrogen-bond acceptors (Lipinski definition) is 1. The third-order valence-corrected chi connectivity index (χ3v) is 4.98. The molecule has 1 N–H and O–H groups in total. The Balaban J connectivity index is 1.79. The second-order valence-corrected chi connectivity index (χ2v) is 6.55. The van der Waals surface area contributed by atoms with Crippen LogP contribution in [-0.4, -0.2) is 23.0 Å². The summed E-state index contributed by atoms with van der Waals surface area (Å²) in [5.41, 5.74) is 2.47. The van der Waals surface area contributed by atoms with Crippen molar-refractivity contribution in [2.24, 2.45) is 0 Å². The van der Waals surface area contributed by atoms with Crippen molar-refractivity contribution in [1.82, 2.24) is 9.88 Å². The van der Waals surface area contributed by atoms with Crippen LogP contribution in [0.2, 0.25) is 0 Å². The number of nitrogens with zero attached hydrogens (tertiary/aromatic N) is 1. The minimum absolute atomic E-state index is 0.0269. The molecule has 3 aromatic rings. The van der Waals surface area contributed by atoms with Gasteiger partial charge in [0.2, 0.25) is 0 Å². The van der Waals surface area contributed by atoms with Crippen LogP contribution in [0.25, 0.3) is 10.9 Å². The third kappa shape index (κ3) is 3.04. The summed E-state index contributed by atoms with van der Waals surface area (Å²) in [5.74, 6) is 0. The highest BCUT2D eigenvalue weighted by Crippen LogP contribution is 2.37. The van der Waals surface area contributed by atoms with Crippen LogP contribution in [0.5, 0.6) is 0 Å². The second kappa shape index (κ2) is 6.23. The van der Waals surface area contributed by atoms with Crippen molar-refractivity contribution in [3.8, 4) is 0 Å². The van der Waals surface area contributed by atoms with Crippen molar-refractivity contribution in [3.63, 3.8) is 0 Å². The molecule has 1 fully saturated rings. The van der Waals surface area contributed by atoms with E-state index in [4.69, 9.17) is 0 Å². The molecule has 1 unspecified atom stereocenters. The lowest BCUT2D eigenvalue weighted by atomic mass is 9.96. The van der Waals surface area contributed by atoms with Crippen molar-refractivity contribution in [1.29, 1.82) is 0 Å². The van der Waals surface area contributed by atoms with Crippen LogP contribution in [-0.2, 0) is 6.18 Å². The zero-order valence-electron chi connectivity index (χ0n) is 13.7. The lowest BCUT2D eigenvalue weighted by Gasteiger charge is -2.28. The number of halogens is 3. The van der Waals surface area contributed by atoms with Crippen molar-refractivity contribution in [2.75, 3.05) is 13.1 Å². The molecule has 0 spiro atoms. The summed E-state index contributed by atoms with van der Waals surface area (Å²) >= 11 is 0. The molecule has 0 aliphatic carbocycles. The van der Waals surface area contributed by atoms with E-state index < -0.39 is 11.7 Å². The molecule has 4 rings (SSSR count). The van der Waals surface area contributed by atoms with Crippen LogP contribution in [0.3, 0.4) is 0 Å². The number of rotatable bonds is 3. The number of aromatic amines is 1. The maximum Gasteiger partial charge on any atom is 0.416 e. The predicted molar refractivity (Wildman–Crippen MR) is 92.4 cm³/mol. The number of hydrogen-bond donors (Lipinski definition) is 1. The van der Waals surface area contributed by atoms with E-state index in [1.54, 1.807) is 12.1 Å². The molecule has 2 aromatic carbocycles. The Morgan fingerprint density at radius 2 is 1.60 bits per heavy atom. The Morgan fingerprint density at radius 3 is 2.28 bits per heavy atom. The lowest BCUT2D eigenvalue weighted by molar-refractivity contribution is -0.137. The van der Waals surface area contributed by atoms with E-state index in [9.17, 15) is 13.2 Å². The Morgan fingerprint density at radius 1 is 0.920 bits per heavy atom. The van der Waals surface area contributed by atoms with Crippen molar-refractivity contribution >= 4 is 10.9 Å². The molecule has 130 valence electrons. The highest BCUT2D eigenvalue weighted by atomic mass is 19.4. The molecule has 1 aliphatic heterocycles. The Labute approximate surface area is 144 Å². The quantitative estimate of drug-likeness (QED) is 0.676. The monoisotopic (exact) mass is 344 g/mol. The van der Waals surface area contributed by atoms with Gasteiger partial charge in [-0.25, -0.2) is 0 Å². The second-order valence-electron chi connectivity index (χ2n) is 6.55. The fraction of sp³-hybridized carbons (Fsp3) is 0.300. The topological polar surface area (TPSA) is 19.0 Å². The Kier molecular flexibility index (Phi) is 4.04. The van der Waals surface area contributed by atoms with Crippen LogP contribution < -0.4 is 0 Å². The summed E-state index contributed by atoms with van der Waals surface area (Å²) < 4.78 is 38.7. The van der Waals surface area contributed by atoms with Gasteiger partial charge in [-0.3, -0.25) is 4.90 Å². The first-order chi connectivity index (χ1) is 12.0. The Bertz CT molecular complexity index is 859. The molecule has 1 saturated heterocycles. The Hall–Kier alpha value is -2.27. The summed E-state index contributed by atoms with van der Waals surface area (Å²) in [4.78, 5) is 5.65. The summed E-state index contributed by atoms with van der Waals surface area (Å²) in [6.45, 7) is 1.93. The molecule has 0 radical (unpaired) electrons. The molecular weight excluding hydrogens is 325 g/mol. The minimum atomic E-state index is -4.30. The molecule has 2 nitrogen and oxygen atoms in total. The fourth-order valence-corrected chi connectivity index (χ4v) is 3.76. The van der Waals surface area contributed by atoms with Crippen LogP contribution in [0.1, 0.15) is 35.6 Å². The molecule has 0 saturated carbocycles. The molecule has 5 heteroatoms. The molecular formula is C20H19F3N2. The van der Waals surface area contributed by atoms with Gasteiger partial charge in [0.1, 0.15) is 0 Å². The van der Waals surface area contributed by atoms with Gasteiger partial charge in [0.25, 0.3) is 0 Å².